The molecule has 0 bridgehead atoms. The molecule has 2 N–H and O–H groups in total. The maximum Gasteiger partial charge on any atom is 0.187 e. The Morgan fingerprint density at radius 1 is 0.909 bits per heavy atom. The van der Waals surface area contributed by atoms with E-state index in [2.05, 4.69) is 24.4 Å². The zero-order valence-corrected chi connectivity index (χ0v) is 13.4. The number of anilines is 1. The lowest BCUT2D eigenvalue weighted by molar-refractivity contribution is 0.565. The molecule has 3 aromatic carbocycles. The van der Waals surface area contributed by atoms with Gasteiger partial charge in [-0.3, -0.25) is 0 Å². The molecule has 0 amide bonds. The van der Waals surface area contributed by atoms with Crippen molar-refractivity contribution in [3.63, 3.8) is 0 Å². The third kappa shape index (κ3) is 3.93. The smallest absolute Gasteiger partial charge is 0.187 e. The average Bonchev–Trinajstić information content (AvgIpc) is 2.55. The van der Waals surface area contributed by atoms with E-state index in [1.165, 1.54) is 11.3 Å². The van der Waals surface area contributed by atoms with Crippen LogP contribution in [0.4, 0.5) is 5.69 Å². The molecule has 0 fully saturated rings. The first-order valence-electron chi connectivity index (χ1n) is 6.95. The van der Waals surface area contributed by atoms with Crippen molar-refractivity contribution in [1.82, 2.24) is 0 Å². The van der Waals surface area contributed by atoms with Crippen molar-refractivity contribution < 1.29 is 8.76 Å². The van der Waals surface area contributed by atoms with E-state index in [0.29, 0.717) is 4.90 Å². The van der Waals surface area contributed by atoms with Crippen molar-refractivity contribution in [2.75, 3.05) is 12.4 Å². The van der Waals surface area contributed by atoms with Gasteiger partial charge in [-0.1, -0.05) is 54.6 Å². The van der Waals surface area contributed by atoms with Crippen LogP contribution in [0.1, 0.15) is 5.56 Å². The SMILES string of the molecule is CNc1ccccc1C.O=S(O)c1cccc2ccccc12. The topological polar surface area (TPSA) is 49.3 Å². The first-order valence-corrected chi connectivity index (χ1v) is 8.06. The van der Waals surface area contributed by atoms with Crippen molar-refractivity contribution in [2.45, 2.75) is 11.8 Å². The molecule has 114 valence electrons. The largest absolute Gasteiger partial charge is 0.388 e. The Bertz CT molecular complexity index is 781. The molecular weight excluding hydrogens is 294 g/mol. The van der Waals surface area contributed by atoms with E-state index in [9.17, 15) is 4.21 Å². The summed E-state index contributed by atoms with van der Waals surface area (Å²) in [6.45, 7) is 2.09. The number of rotatable bonds is 2. The average molecular weight is 313 g/mol. The summed E-state index contributed by atoms with van der Waals surface area (Å²) in [7, 11) is 1.93. The number of para-hydroxylation sites is 1. The molecule has 0 aliphatic carbocycles. The standard InChI is InChI=1S/C10H8O2S.C8H11N/c11-13(12)10-7-3-5-8-4-1-2-6-9(8)10;1-7-5-3-4-6-8(7)9-2/h1-7H,(H,11,12);3-6,9H,1-2H3. The van der Waals surface area contributed by atoms with Gasteiger partial charge in [0.2, 0.25) is 0 Å². The van der Waals surface area contributed by atoms with Crippen LogP contribution >= 0.6 is 0 Å². The van der Waals surface area contributed by atoms with E-state index in [0.717, 1.165) is 10.8 Å². The van der Waals surface area contributed by atoms with Gasteiger partial charge in [0.15, 0.2) is 11.1 Å². The quantitative estimate of drug-likeness (QED) is 0.687. The van der Waals surface area contributed by atoms with Crippen LogP contribution in [0.5, 0.6) is 0 Å². The first-order chi connectivity index (χ1) is 10.6. The maximum absolute atomic E-state index is 10.9. The van der Waals surface area contributed by atoms with Gasteiger partial charge >= 0.3 is 0 Å². The molecule has 0 aliphatic heterocycles. The van der Waals surface area contributed by atoms with E-state index in [1.54, 1.807) is 12.1 Å². The monoisotopic (exact) mass is 313 g/mol. The summed E-state index contributed by atoms with van der Waals surface area (Å²) in [5, 5.41) is 4.92. The molecule has 3 nitrogen and oxygen atoms in total. The Balaban J connectivity index is 0.000000172. The summed E-state index contributed by atoms with van der Waals surface area (Å²) in [5.41, 5.74) is 2.50. The van der Waals surface area contributed by atoms with Crippen LogP contribution in [0, 0.1) is 6.92 Å². The molecule has 0 heterocycles. The zero-order valence-electron chi connectivity index (χ0n) is 12.6. The van der Waals surface area contributed by atoms with Gasteiger partial charge in [0.1, 0.15) is 0 Å². The van der Waals surface area contributed by atoms with Gasteiger partial charge in [0, 0.05) is 18.1 Å². The van der Waals surface area contributed by atoms with Crippen molar-refractivity contribution in [1.29, 1.82) is 0 Å². The van der Waals surface area contributed by atoms with Gasteiger partial charge < -0.3 is 9.87 Å². The molecule has 0 aromatic heterocycles. The lowest BCUT2D eigenvalue weighted by Crippen LogP contribution is -1.89. The Kier molecular flexibility index (Phi) is 5.69. The van der Waals surface area contributed by atoms with Crippen molar-refractivity contribution in [2.24, 2.45) is 0 Å². The van der Waals surface area contributed by atoms with Crippen molar-refractivity contribution in [3.8, 4) is 0 Å². The molecule has 1 unspecified atom stereocenters. The van der Waals surface area contributed by atoms with Crippen LogP contribution in [0.15, 0.2) is 71.6 Å². The molecular formula is C18H19NO2S. The van der Waals surface area contributed by atoms with Crippen LogP contribution in [0.25, 0.3) is 10.8 Å². The Hall–Kier alpha value is -2.17. The van der Waals surface area contributed by atoms with Gasteiger partial charge in [-0.25, -0.2) is 4.21 Å². The minimum atomic E-state index is -1.90. The van der Waals surface area contributed by atoms with Crippen LogP contribution in [-0.4, -0.2) is 15.8 Å². The fraction of sp³-hybridized carbons (Fsp3) is 0.111. The highest BCUT2D eigenvalue weighted by molar-refractivity contribution is 7.79. The predicted octanol–water partition coefficient (Wildman–Crippen LogP) is 4.46. The van der Waals surface area contributed by atoms with Gasteiger partial charge in [-0.05, 0) is 30.0 Å². The third-order valence-electron chi connectivity index (χ3n) is 3.35. The molecule has 4 heteroatoms. The number of fused-ring (bicyclic) bond motifs is 1. The molecule has 0 radical (unpaired) electrons. The molecule has 0 saturated carbocycles. The Labute approximate surface area is 133 Å². The lowest BCUT2D eigenvalue weighted by Gasteiger charge is -2.01. The molecule has 1 atom stereocenters. The second kappa shape index (κ2) is 7.73. The maximum atomic E-state index is 10.9. The highest BCUT2D eigenvalue weighted by Gasteiger charge is 2.03. The molecule has 0 aliphatic rings. The number of aryl methyl sites for hydroxylation is 1. The predicted molar refractivity (Wildman–Crippen MR) is 93.7 cm³/mol. The summed E-state index contributed by atoms with van der Waals surface area (Å²) in [6, 6.07) is 21.1. The number of nitrogens with one attached hydrogen (secondary N) is 1. The van der Waals surface area contributed by atoms with E-state index in [-0.39, 0.29) is 0 Å². The van der Waals surface area contributed by atoms with E-state index in [1.807, 2.05) is 49.5 Å². The number of hydrogen-bond acceptors (Lipinski definition) is 2. The van der Waals surface area contributed by atoms with E-state index in [4.69, 9.17) is 4.55 Å². The zero-order chi connectivity index (χ0) is 15.9. The van der Waals surface area contributed by atoms with Crippen LogP contribution < -0.4 is 5.32 Å². The molecule has 3 aromatic rings. The minimum absolute atomic E-state index is 0.470. The van der Waals surface area contributed by atoms with Crippen LogP contribution in [0.3, 0.4) is 0 Å². The van der Waals surface area contributed by atoms with Crippen LogP contribution in [-0.2, 0) is 11.1 Å². The molecule has 0 saturated heterocycles. The highest BCUT2D eigenvalue weighted by Crippen LogP contribution is 2.20. The molecule has 22 heavy (non-hydrogen) atoms. The first kappa shape index (κ1) is 16.2. The number of benzene rings is 3. The fourth-order valence-electron chi connectivity index (χ4n) is 2.20. The second-order valence-corrected chi connectivity index (χ2v) is 5.73. The third-order valence-corrected chi connectivity index (χ3v) is 4.08. The van der Waals surface area contributed by atoms with Gasteiger partial charge in [0.05, 0.1) is 4.90 Å². The van der Waals surface area contributed by atoms with Gasteiger partial charge in [-0.15, -0.1) is 0 Å². The minimum Gasteiger partial charge on any atom is -0.388 e. The van der Waals surface area contributed by atoms with Crippen molar-refractivity contribution >= 4 is 27.5 Å². The summed E-state index contributed by atoms with van der Waals surface area (Å²) in [4.78, 5) is 0.470. The second-order valence-electron chi connectivity index (χ2n) is 4.79. The molecule has 3 rings (SSSR count). The van der Waals surface area contributed by atoms with Crippen molar-refractivity contribution in [3.05, 3.63) is 72.3 Å². The number of hydrogen-bond donors (Lipinski definition) is 2. The summed E-state index contributed by atoms with van der Waals surface area (Å²) in [6.07, 6.45) is 0. The van der Waals surface area contributed by atoms with Gasteiger partial charge in [0.25, 0.3) is 0 Å². The van der Waals surface area contributed by atoms with E-state index >= 15 is 0 Å². The molecule has 0 spiro atoms. The summed E-state index contributed by atoms with van der Waals surface area (Å²) < 4.78 is 19.9. The highest BCUT2D eigenvalue weighted by atomic mass is 32.2. The van der Waals surface area contributed by atoms with E-state index < -0.39 is 11.1 Å². The fourth-order valence-corrected chi connectivity index (χ4v) is 2.77. The summed E-state index contributed by atoms with van der Waals surface area (Å²) in [5.74, 6) is 0. The lowest BCUT2D eigenvalue weighted by atomic mass is 10.1. The Morgan fingerprint density at radius 2 is 1.55 bits per heavy atom. The Morgan fingerprint density at radius 3 is 2.18 bits per heavy atom. The normalized spacial score (nSPS) is 11.4. The van der Waals surface area contributed by atoms with Gasteiger partial charge in [-0.2, -0.15) is 0 Å². The summed E-state index contributed by atoms with van der Waals surface area (Å²) >= 11 is -1.90. The van der Waals surface area contributed by atoms with Crippen LogP contribution in [0.2, 0.25) is 0 Å².